The molecule has 132 valence electrons. The van der Waals surface area contributed by atoms with Crippen molar-refractivity contribution in [3.05, 3.63) is 65.5 Å². The lowest BCUT2D eigenvalue weighted by Gasteiger charge is -2.19. The lowest BCUT2D eigenvalue weighted by atomic mass is 9.95. The molecule has 1 saturated heterocycles. The minimum Gasteiger partial charge on any atom is -0.379 e. The fourth-order valence-corrected chi connectivity index (χ4v) is 3.16. The zero-order valence-electron chi connectivity index (χ0n) is 14.8. The molecule has 1 N–H and O–H groups in total. The fraction of sp³-hybridized carbons (Fsp3) is 0.400. The zero-order chi connectivity index (χ0) is 17.6. The van der Waals surface area contributed by atoms with Crippen molar-refractivity contribution in [3.63, 3.8) is 0 Å². The van der Waals surface area contributed by atoms with E-state index in [1.54, 1.807) is 12.4 Å². The van der Waals surface area contributed by atoms with E-state index in [4.69, 9.17) is 4.74 Å². The average molecular weight is 339 g/mol. The molecular weight excluding hydrogens is 314 g/mol. The standard InChI is InChI=1S/C20H25N3O2/c1-23(2)12-16-3-5-17(6-4-16)20(24)22-19-14-25-13-18(19)11-15-7-9-21-10-8-15/h3-10,18-19H,11-14H2,1-2H3,(H,22,24)/t18-,19+/m1/s1. The number of nitrogens with zero attached hydrogens (tertiary/aromatic N) is 2. The Morgan fingerprint density at radius 3 is 2.52 bits per heavy atom. The first-order chi connectivity index (χ1) is 12.1. The highest BCUT2D eigenvalue weighted by Crippen LogP contribution is 2.19. The topological polar surface area (TPSA) is 54.5 Å². The Morgan fingerprint density at radius 2 is 1.84 bits per heavy atom. The van der Waals surface area contributed by atoms with Crippen molar-refractivity contribution in [2.75, 3.05) is 27.3 Å². The molecule has 0 spiro atoms. The number of nitrogens with one attached hydrogen (secondary N) is 1. The number of amides is 1. The maximum atomic E-state index is 12.5. The van der Waals surface area contributed by atoms with E-state index in [9.17, 15) is 4.79 Å². The molecule has 2 atom stereocenters. The van der Waals surface area contributed by atoms with E-state index in [1.165, 1.54) is 11.1 Å². The quantitative estimate of drug-likeness (QED) is 0.876. The molecule has 0 aliphatic carbocycles. The van der Waals surface area contributed by atoms with Gasteiger partial charge in [-0.15, -0.1) is 0 Å². The number of ether oxygens (including phenoxy) is 1. The van der Waals surface area contributed by atoms with Crippen molar-refractivity contribution in [2.24, 2.45) is 5.92 Å². The van der Waals surface area contributed by atoms with Gasteiger partial charge in [-0.25, -0.2) is 0 Å². The first kappa shape index (κ1) is 17.6. The summed E-state index contributed by atoms with van der Waals surface area (Å²) in [5.74, 6) is 0.256. The molecule has 1 fully saturated rings. The van der Waals surface area contributed by atoms with E-state index in [1.807, 2.05) is 50.5 Å². The number of hydrogen-bond acceptors (Lipinski definition) is 4. The molecule has 1 aliphatic rings. The third-order valence-corrected chi connectivity index (χ3v) is 4.48. The summed E-state index contributed by atoms with van der Waals surface area (Å²) in [5.41, 5.74) is 3.11. The van der Waals surface area contributed by atoms with Gasteiger partial charge < -0.3 is 15.0 Å². The molecule has 0 bridgehead atoms. The smallest absolute Gasteiger partial charge is 0.251 e. The van der Waals surface area contributed by atoms with Crippen LogP contribution in [0.2, 0.25) is 0 Å². The van der Waals surface area contributed by atoms with Gasteiger partial charge in [0, 0.05) is 30.4 Å². The van der Waals surface area contributed by atoms with E-state index < -0.39 is 0 Å². The summed E-state index contributed by atoms with van der Waals surface area (Å²) < 4.78 is 5.61. The summed E-state index contributed by atoms with van der Waals surface area (Å²) in [6, 6.07) is 11.9. The van der Waals surface area contributed by atoms with Crippen molar-refractivity contribution in [3.8, 4) is 0 Å². The Bertz CT molecular complexity index is 686. The summed E-state index contributed by atoms with van der Waals surface area (Å²) >= 11 is 0. The number of carbonyl (C=O) groups excluding carboxylic acids is 1. The average Bonchev–Trinajstić information content (AvgIpc) is 3.02. The lowest BCUT2D eigenvalue weighted by molar-refractivity contribution is 0.0925. The summed E-state index contributed by atoms with van der Waals surface area (Å²) in [7, 11) is 4.06. The third kappa shape index (κ3) is 4.87. The van der Waals surface area contributed by atoms with E-state index >= 15 is 0 Å². The molecule has 1 aromatic carbocycles. The highest BCUT2D eigenvalue weighted by atomic mass is 16.5. The van der Waals surface area contributed by atoms with Gasteiger partial charge in [0.2, 0.25) is 0 Å². The van der Waals surface area contributed by atoms with Gasteiger partial charge >= 0.3 is 0 Å². The molecule has 0 saturated carbocycles. The van der Waals surface area contributed by atoms with Gasteiger partial charge in [-0.3, -0.25) is 9.78 Å². The number of pyridine rings is 1. The van der Waals surface area contributed by atoms with Crippen molar-refractivity contribution in [1.29, 1.82) is 0 Å². The Hall–Kier alpha value is -2.24. The molecule has 1 aliphatic heterocycles. The van der Waals surface area contributed by atoms with Gasteiger partial charge in [0.25, 0.3) is 5.91 Å². The molecule has 1 amide bonds. The van der Waals surface area contributed by atoms with Crippen LogP contribution < -0.4 is 5.32 Å². The summed E-state index contributed by atoms with van der Waals surface area (Å²) in [4.78, 5) is 18.7. The molecule has 2 aromatic rings. The zero-order valence-corrected chi connectivity index (χ0v) is 14.8. The number of hydrogen-bond donors (Lipinski definition) is 1. The van der Waals surface area contributed by atoms with Crippen LogP contribution in [0.4, 0.5) is 0 Å². The van der Waals surface area contributed by atoms with Gasteiger partial charge in [-0.05, 0) is 55.9 Å². The second-order valence-electron chi connectivity index (χ2n) is 6.87. The second-order valence-corrected chi connectivity index (χ2v) is 6.87. The SMILES string of the molecule is CN(C)Cc1ccc(C(=O)N[C@H]2COC[C@H]2Cc2ccncc2)cc1. The van der Waals surface area contributed by atoms with Crippen LogP contribution in [0.1, 0.15) is 21.5 Å². The largest absolute Gasteiger partial charge is 0.379 e. The lowest BCUT2D eigenvalue weighted by Crippen LogP contribution is -2.40. The summed E-state index contributed by atoms with van der Waals surface area (Å²) in [6.07, 6.45) is 4.48. The molecule has 1 aromatic heterocycles. The van der Waals surface area contributed by atoms with E-state index in [2.05, 4.69) is 15.2 Å². The minimum absolute atomic E-state index is 0.0355. The Morgan fingerprint density at radius 1 is 1.12 bits per heavy atom. The van der Waals surface area contributed by atoms with Crippen LogP contribution in [-0.4, -0.2) is 49.1 Å². The van der Waals surface area contributed by atoms with Crippen LogP contribution in [0.15, 0.2) is 48.8 Å². The van der Waals surface area contributed by atoms with E-state index in [0.29, 0.717) is 24.7 Å². The molecule has 5 heteroatoms. The predicted molar refractivity (Wildman–Crippen MR) is 97.3 cm³/mol. The normalized spacial score (nSPS) is 20.0. The molecule has 25 heavy (non-hydrogen) atoms. The molecule has 2 heterocycles. The van der Waals surface area contributed by atoms with Crippen LogP contribution in [0.3, 0.4) is 0 Å². The van der Waals surface area contributed by atoms with Crippen molar-refractivity contribution >= 4 is 5.91 Å². The van der Waals surface area contributed by atoms with Crippen molar-refractivity contribution in [1.82, 2.24) is 15.2 Å². The summed E-state index contributed by atoms with van der Waals surface area (Å²) in [5, 5.41) is 3.14. The number of benzene rings is 1. The number of aromatic nitrogens is 1. The number of rotatable bonds is 6. The predicted octanol–water partition coefficient (Wildman–Crippen LogP) is 2.13. The van der Waals surface area contributed by atoms with Crippen LogP contribution >= 0.6 is 0 Å². The van der Waals surface area contributed by atoms with Gasteiger partial charge in [-0.1, -0.05) is 12.1 Å². The first-order valence-corrected chi connectivity index (χ1v) is 8.63. The highest BCUT2D eigenvalue weighted by Gasteiger charge is 2.29. The van der Waals surface area contributed by atoms with Crippen LogP contribution in [0.5, 0.6) is 0 Å². The Balaban J connectivity index is 1.59. The third-order valence-electron chi connectivity index (χ3n) is 4.48. The van der Waals surface area contributed by atoms with Gasteiger partial charge in [-0.2, -0.15) is 0 Å². The number of carbonyl (C=O) groups is 1. The minimum atomic E-state index is -0.0355. The van der Waals surface area contributed by atoms with Crippen molar-refractivity contribution < 1.29 is 9.53 Å². The summed E-state index contributed by atoms with van der Waals surface area (Å²) in [6.45, 7) is 2.11. The van der Waals surface area contributed by atoms with Crippen LogP contribution in [0.25, 0.3) is 0 Å². The van der Waals surface area contributed by atoms with Gasteiger partial charge in [0.1, 0.15) is 0 Å². The van der Waals surface area contributed by atoms with Crippen molar-refractivity contribution in [2.45, 2.75) is 19.0 Å². The monoisotopic (exact) mass is 339 g/mol. The van der Waals surface area contributed by atoms with Crippen LogP contribution in [0, 0.1) is 5.92 Å². The molecule has 0 radical (unpaired) electrons. The van der Waals surface area contributed by atoms with E-state index in [0.717, 1.165) is 13.0 Å². The maximum Gasteiger partial charge on any atom is 0.251 e. The fourth-order valence-electron chi connectivity index (χ4n) is 3.16. The molecular formula is C20H25N3O2. The highest BCUT2D eigenvalue weighted by molar-refractivity contribution is 5.94. The molecule has 5 nitrogen and oxygen atoms in total. The molecule has 0 unspecified atom stereocenters. The van der Waals surface area contributed by atoms with E-state index in [-0.39, 0.29) is 11.9 Å². The Labute approximate surface area is 149 Å². The van der Waals surface area contributed by atoms with Gasteiger partial charge in [0.15, 0.2) is 0 Å². The maximum absolute atomic E-state index is 12.5. The Kier molecular flexibility index (Phi) is 5.79. The van der Waals surface area contributed by atoms with Crippen LogP contribution in [-0.2, 0) is 17.7 Å². The molecule has 3 rings (SSSR count). The first-order valence-electron chi connectivity index (χ1n) is 8.63. The second kappa shape index (κ2) is 8.23. The van der Waals surface area contributed by atoms with Gasteiger partial charge in [0.05, 0.1) is 19.3 Å².